The van der Waals surface area contributed by atoms with Crippen molar-refractivity contribution in [3.63, 3.8) is 0 Å². The molecular weight excluding hydrogens is 589 g/mol. The smallest absolute Gasteiger partial charge is 0.193 e. The van der Waals surface area contributed by atoms with Crippen molar-refractivity contribution in [2.75, 3.05) is 5.32 Å². The number of sulfone groups is 1. The number of rotatable bonds is 6. The third-order valence-corrected chi connectivity index (χ3v) is 10.3. The number of anilines is 2. The number of imidazole rings is 1. The molecule has 0 aliphatic rings. The van der Waals surface area contributed by atoms with Crippen LogP contribution in [0.25, 0.3) is 27.9 Å². The van der Waals surface area contributed by atoms with Gasteiger partial charge >= 0.3 is 0 Å². The highest BCUT2D eigenvalue weighted by Crippen LogP contribution is 2.38. The van der Waals surface area contributed by atoms with Crippen molar-refractivity contribution in [1.82, 2.24) is 24.5 Å². The standard InChI is InChI=1S/C25H14Cl2F2N6O2S2/c26-14-9-38-25(20(14)27)39(36,37)10-13-5-6-15(28)22(21(13)29)34-24-23-17(30-11-31-24)7-8-19(33-23)35-12-32-16-3-1-2-4-18(16)35/h1-9,11-12H,10H2,(H,30,31,34). The van der Waals surface area contributed by atoms with Crippen molar-refractivity contribution in [2.45, 2.75) is 9.96 Å². The van der Waals surface area contributed by atoms with Gasteiger partial charge in [0.05, 0.1) is 32.3 Å². The van der Waals surface area contributed by atoms with E-state index in [0.717, 1.165) is 34.5 Å². The molecule has 0 unspecified atom stereocenters. The van der Waals surface area contributed by atoms with Crippen molar-refractivity contribution < 1.29 is 17.2 Å². The average molecular weight is 603 g/mol. The van der Waals surface area contributed by atoms with Crippen LogP contribution in [0.3, 0.4) is 0 Å². The number of para-hydroxylation sites is 2. The molecule has 0 fully saturated rings. The van der Waals surface area contributed by atoms with Crippen LogP contribution in [-0.2, 0) is 15.6 Å². The maximum atomic E-state index is 15.5. The topological polar surface area (TPSA) is 103 Å². The van der Waals surface area contributed by atoms with Crippen LogP contribution in [-0.4, -0.2) is 32.9 Å². The molecule has 0 spiro atoms. The Hall–Kier alpha value is -3.71. The molecule has 0 radical (unpaired) electrons. The molecule has 0 saturated heterocycles. The maximum Gasteiger partial charge on any atom is 0.193 e. The Morgan fingerprint density at radius 3 is 2.59 bits per heavy atom. The van der Waals surface area contributed by atoms with Crippen molar-refractivity contribution in [2.24, 2.45) is 0 Å². The quantitative estimate of drug-likeness (QED) is 0.225. The Balaban J connectivity index is 1.39. The Morgan fingerprint density at radius 1 is 0.974 bits per heavy atom. The monoisotopic (exact) mass is 602 g/mol. The van der Waals surface area contributed by atoms with Gasteiger partial charge in [0.2, 0.25) is 0 Å². The highest BCUT2D eigenvalue weighted by atomic mass is 35.5. The van der Waals surface area contributed by atoms with E-state index in [-0.39, 0.29) is 31.2 Å². The zero-order chi connectivity index (χ0) is 27.3. The number of fused-ring (bicyclic) bond motifs is 2. The summed E-state index contributed by atoms with van der Waals surface area (Å²) < 4.78 is 57.8. The number of nitrogens with one attached hydrogen (secondary N) is 1. The van der Waals surface area contributed by atoms with Gasteiger partial charge in [0.1, 0.15) is 39.7 Å². The number of aromatic nitrogens is 5. The second kappa shape index (κ2) is 9.79. The number of hydrogen-bond acceptors (Lipinski definition) is 8. The number of pyridine rings is 1. The Morgan fingerprint density at radius 2 is 1.79 bits per heavy atom. The van der Waals surface area contributed by atoms with Gasteiger partial charge in [-0.3, -0.25) is 4.57 Å². The minimum Gasteiger partial charge on any atom is -0.333 e. The van der Waals surface area contributed by atoms with Gasteiger partial charge in [-0.1, -0.05) is 41.4 Å². The molecule has 0 saturated carbocycles. The van der Waals surface area contributed by atoms with Gasteiger partial charge in [-0.05, 0) is 30.3 Å². The van der Waals surface area contributed by atoms with Crippen molar-refractivity contribution in [3.05, 3.63) is 93.8 Å². The van der Waals surface area contributed by atoms with Crippen molar-refractivity contribution in [3.8, 4) is 5.82 Å². The minimum atomic E-state index is -4.07. The predicted molar refractivity (Wildman–Crippen MR) is 147 cm³/mol. The van der Waals surface area contributed by atoms with E-state index < -0.39 is 32.9 Å². The van der Waals surface area contributed by atoms with Gasteiger partial charge in [-0.15, -0.1) is 11.3 Å². The highest BCUT2D eigenvalue weighted by molar-refractivity contribution is 7.92. The van der Waals surface area contributed by atoms with Crippen LogP contribution in [0.4, 0.5) is 20.3 Å². The predicted octanol–water partition coefficient (Wildman–Crippen LogP) is 6.73. The van der Waals surface area contributed by atoms with E-state index in [4.69, 9.17) is 23.2 Å². The van der Waals surface area contributed by atoms with E-state index in [1.54, 1.807) is 23.0 Å². The van der Waals surface area contributed by atoms with Crippen LogP contribution in [0.15, 0.2) is 70.8 Å². The molecule has 14 heteroatoms. The first-order valence-corrected chi connectivity index (χ1v) is 14.4. The summed E-state index contributed by atoms with van der Waals surface area (Å²) in [4.78, 5) is 17.3. The minimum absolute atomic E-state index is 0.0251. The van der Waals surface area contributed by atoms with Crippen LogP contribution in [0.5, 0.6) is 0 Å². The highest BCUT2D eigenvalue weighted by Gasteiger charge is 2.26. The van der Waals surface area contributed by atoms with Crippen molar-refractivity contribution in [1.29, 1.82) is 0 Å². The molecule has 6 rings (SSSR count). The third kappa shape index (κ3) is 4.59. The summed E-state index contributed by atoms with van der Waals surface area (Å²) in [5, 5.41) is 3.96. The van der Waals surface area contributed by atoms with E-state index in [1.165, 1.54) is 11.7 Å². The third-order valence-electron chi connectivity index (χ3n) is 5.87. The molecule has 0 bridgehead atoms. The number of thiophene rings is 1. The average Bonchev–Trinajstić information content (AvgIpc) is 3.51. The van der Waals surface area contributed by atoms with E-state index >= 15 is 4.39 Å². The van der Waals surface area contributed by atoms with Gasteiger partial charge in [0.15, 0.2) is 21.5 Å². The van der Waals surface area contributed by atoms with Crippen LogP contribution in [0.2, 0.25) is 10.0 Å². The molecule has 0 amide bonds. The SMILES string of the molecule is O=S(=O)(Cc1ccc(F)c(Nc2ncnc3ccc(-n4cnc5ccccc54)nc23)c1F)c1scc(Cl)c1Cl. The number of hydrogen-bond donors (Lipinski definition) is 1. The van der Waals surface area contributed by atoms with Crippen LogP contribution in [0, 0.1) is 11.6 Å². The van der Waals surface area contributed by atoms with E-state index in [9.17, 15) is 12.8 Å². The summed E-state index contributed by atoms with van der Waals surface area (Å²) in [7, 11) is -4.07. The van der Waals surface area contributed by atoms with Crippen molar-refractivity contribution >= 4 is 77.9 Å². The fourth-order valence-corrected chi connectivity index (χ4v) is 7.57. The molecule has 6 aromatic rings. The summed E-state index contributed by atoms with van der Waals surface area (Å²) in [6.45, 7) is 0. The van der Waals surface area contributed by atoms with E-state index in [2.05, 4.69) is 25.3 Å². The molecule has 39 heavy (non-hydrogen) atoms. The summed E-state index contributed by atoms with van der Waals surface area (Å²) in [6.07, 6.45) is 2.84. The summed E-state index contributed by atoms with van der Waals surface area (Å²) in [5.41, 5.74) is 1.39. The molecule has 2 aromatic carbocycles. The molecular formula is C25H14Cl2F2N6O2S2. The Kier molecular flexibility index (Phi) is 6.42. The number of benzene rings is 2. The fraction of sp³-hybridized carbons (Fsp3) is 0.0400. The number of nitrogens with zero attached hydrogens (tertiary/aromatic N) is 5. The van der Waals surface area contributed by atoms with Gasteiger partial charge in [-0.2, -0.15) is 0 Å². The molecule has 0 atom stereocenters. The second-order valence-electron chi connectivity index (χ2n) is 8.33. The summed E-state index contributed by atoms with van der Waals surface area (Å²) in [6, 6.07) is 13.0. The Bertz CT molecular complexity index is 2010. The normalized spacial score (nSPS) is 11.9. The van der Waals surface area contributed by atoms with Crippen LogP contribution >= 0.6 is 34.5 Å². The summed E-state index contributed by atoms with van der Waals surface area (Å²) >= 11 is 12.7. The van der Waals surface area contributed by atoms with E-state index in [0.29, 0.717) is 11.3 Å². The van der Waals surface area contributed by atoms with Gasteiger partial charge in [0.25, 0.3) is 0 Å². The van der Waals surface area contributed by atoms with Crippen LogP contribution in [0.1, 0.15) is 5.56 Å². The maximum absolute atomic E-state index is 15.5. The first-order chi connectivity index (χ1) is 18.7. The Labute approximate surface area is 233 Å². The lowest BCUT2D eigenvalue weighted by atomic mass is 10.2. The zero-order valence-electron chi connectivity index (χ0n) is 19.4. The molecule has 0 aliphatic heterocycles. The van der Waals surface area contributed by atoms with Gasteiger partial charge < -0.3 is 5.32 Å². The van der Waals surface area contributed by atoms with Gasteiger partial charge in [0, 0.05) is 10.9 Å². The first kappa shape index (κ1) is 25.6. The van der Waals surface area contributed by atoms with Crippen LogP contribution < -0.4 is 5.32 Å². The lowest BCUT2D eigenvalue weighted by Crippen LogP contribution is -2.09. The number of halogens is 4. The fourth-order valence-electron chi connectivity index (χ4n) is 4.02. The summed E-state index contributed by atoms with van der Waals surface area (Å²) in [5.74, 6) is -2.29. The lowest BCUT2D eigenvalue weighted by Gasteiger charge is -2.13. The molecule has 1 N–H and O–H groups in total. The first-order valence-electron chi connectivity index (χ1n) is 11.2. The molecule has 4 aromatic heterocycles. The molecule has 196 valence electrons. The zero-order valence-corrected chi connectivity index (χ0v) is 22.6. The van der Waals surface area contributed by atoms with E-state index in [1.807, 2.05) is 24.3 Å². The largest absolute Gasteiger partial charge is 0.333 e. The lowest BCUT2D eigenvalue weighted by molar-refractivity contribution is 0.575. The van der Waals surface area contributed by atoms with Gasteiger partial charge in [-0.25, -0.2) is 37.1 Å². The molecule has 4 heterocycles. The molecule has 0 aliphatic carbocycles. The second-order valence-corrected chi connectivity index (χ2v) is 12.2. The molecule has 8 nitrogen and oxygen atoms in total.